The van der Waals surface area contributed by atoms with Crippen LogP contribution in [-0.4, -0.2) is 37.0 Å². The van der Waals surface area contributed by atoms with Crippen LogP contribution < -0.4 is 14.8 Å². The zero-order chi connectivity index (χ0) is 17.9. The number of ether oxygens (including phenoxy) is 3. The molecule has 4 bridgehead atoms. The number of benzene rings is 1. The summed E-state index contributed by atoms with van der Waals surface area (Å²) in [7, 11) is 0. The van der Waals surface area contributed by atoms with Crippen molar-refractivity contribution in [2.45, 2.75) is 32.5 Å². The Bertz CT molecular complexity index is 819. The first kappa shape index (κ1) is 16.9. The van der Waals surface area contributed by atoms with Gasteiger partial charge in [-0.25, -0.2) is 0 Å². The summed E-state index contributed by atoms with van der Waals surface area (Å²) in [6.07, 6.45) is 6.70. The van der Waals surface area contributed by atoms with Crippen molar-refractivity contribution >= 4 is 11.3 Å². The lowest BCUT2D eigenvalue weighted by atomic mass is 9.94. The van der Waals surface area contributed by atoms with Gasteiger partial charge in [0.2, 0.25) is 0 Å². The van der Waals surface area contributed by atoms with E-state index in [0.717, 1.165) is 46.9 Å². The van der Waals surface area contributed by atoms with E-state index in [0.29, 0.717) is 13.2 Å². The molecule has 0 aliphatic carbocycles. The smallest absolute Gasteiger partial charge is 0.138 e. The summed E-state index contributed by atoms with van der Waals surface area (Å²) in [6, 6.07) is 8.21. The van der Waals surface area contributed by atoms with Crippen molar-refractivity contribution in [3.05, 3.63) is 53.9 Å². The highest BCUT2D eigenvalue weighted by Crippen LogP contribution is 2.36. The topological polar surface area (TPSA) is 52.6 Å². The van der Waals surface area contributed by atoms with E-state index < -0.39 is 0 Å². The van der Waals surface area contributed by atoms with Crippen LogP contribution in [0.25, 0.3) is 5.57 Å². The molecule has 1 N–H and O–H groups in total. The van der Waals surface area contributed by atoms with E-state index in [9.17, 15) is 0 Å². The summed E-state index contributed by atoms with van der Waals surface area (Å²) in [4.78, 5) is 4.38. The molecule has 0 unspecified atom stereocenters. The molecule has 1 aromatic carbocycles. The summed E-state index contributed by atoms with van der Waals surface area (Å²) < 4.78 is 17.8. The van der Waals surface area contributed by atoms with Crippen LogP contribution in [0.2, 0.25) is 0 Å². The van der Waals surface area contributed by atoms with Gasteiger partial charge in [-0.3, -0.25) is 4.98 Å². The number of nitrogens with zero attached hydrogens (tertiary/aromatic N) is 1. The molecule has 136 valence electrons. The minimum Gasteiger partial charge on any atom is -0.489 e. The van der Waals surface area contributed by atoms with E-state index in [-0.39, 0.29) is 12.2 Å². The number of aromatic nitrogens is 1. The first-order chi connectivity index (χ1) is 12.7. The maximum Gasteiger partial charge on any atom is 0.138 e. The molecular weight excluding hydrogens is 328 g/mol. The van der Waals surface area contributed by atoms with Gasteiger partial charge in [0, 0.05) is 36.0 Å². The molecular formula is C21H24N2O3. The van der Waals surface area contributed by atoms with E-state index >= 15 is 0 Å². The molecule has 0 spiro atoms. The minimum atomic E-state index is -0.0129. The highest BCUT2D eigenvalue weighted by molar-refractivity contribution is 5.89. The number of hydrogen-bond acceptors (Lipinski definition) is 5. The zero-order valence-electron chi connectivity index (χ0n) is 15.2. The molecule has 0 fully saturated rings. The van der Waals surface area contributed by atoms with Crippen molar-refractivity contribution in [3.63, 3.8) is 0 Å². The van der Waals surface area contributed by atoms with Crippen LogP contribution in [0.3, 0.4) is 0 Å². The molecule has 1 aromatic heterocycles. The van der Waals surface area contributed by atoms with Crippen LogP contribution in [0.1, 0.15) is 31.4 Å². The SMILES string of the molecule is C[C@@H]1COCC[C@H](C)Oc2cncc(c2)C2=CCNc3ccc(cc32)O1. The number of fused-ring (bicyclic) bond motifs is 4. The zero-order valence-corrected chi connectivity index (χ0v) is 15.2. The summed E-state index contributed by atoms with van der Waals surface area (Å²) in [5.74, 6) is 1.63. The standard InChI is InChI=1S/C21H24N2O3/c1-14-6-8-24-13-15(2)26-17-3-4-21-20(10-17)19(5-7-23-21)16-9-18(25-14)12-22-11-16/h3-5,9-12,14-15,23H,6-8,13H2,1-2H3/t14-,15+/m0/s1. The molecule has 2 atom stereocenters. The third kappa shape index (κ3) is 3.68. The molecule has 2 aliphatic heterocycles. The molecule has 5 nitrogen and oxygen atoms in total. The average molecular weight is 352 g/mol. The fraction of sp³-hybridized carbons (Fsp3) is 0.381. The summed E-state index contributed by atoms with van der Waals surface area (Å²) in [6.45, 7) is 6.06. The van der Waals surface area contributed by atoms with Crippen LogP contribution >= 0.6 is 0 Å². The van der Waals surface area contributed by atoms with Gasteiger partial charge in [0.25, 0.3) is 0 Å². The van der Waals surface area contributed by atoms with Crippen molar-refractivity contribution in [3.8, 4) is 11.5 Å². The Hall–Kier alpha value is -2.53. The molecule has 0 radical (unpaired) electrons. The molecule has 2 aromatic rings. The third-order valence-electron chi connectivity index (χ3n) is 4.60. The summed E-state index contributed by atoms with van der Waals surface area (Å²) >= 11 is 0. The highest BCUT2D eigenvalue weighted by atomic mass is 16.5. The number of rotatable bonds is 0. The van der Waals surface area contributed by atoms with Crippen LogP contribution in [0.15, 0.2) is 42.7 Å². The van der Waals surface area contributed by atoms with Crippen molar-refractivity contribution in [2.24, 2.45) is 0 Å². The van der Waals surface area contributed by atoms with Crippen LogP contribution in [-0.2, 0) is 4.74 Å². The van der Waals surface area contributed by atoms with Crippen molar-refractivity contribution in [1.29, 1.82) is 0 Å². The Morgan fingerprint density at radius 3 is 2.85 bits per heavy atom. The molecule has 0 amide bonds. The van der Waals surface area contributed by atoms with Gasteiger partial charge >= 0.3 is 0 Å². The first-order valence-electron chi connectivity index (χ1n) is 9.14. The van der Waals surface area contributed by atoms with Crippen molar-refractivity contribution < 1.29 is 14.2 Å². The molecule has 3 heterocycles. The quantitative estimate of drug-likeness (QED) is 0.779. The fourth-order valence-corrected chi connectivity index (χ4v) is 3.31. The predicted molar refractivity (Wildman–Crippen MR) is 102 cm³/mol. The Morgan fingerprint density at radius 2 is 1.92 bits per heavy atom. The van der Waals surface area contributed by atoms with Gasteiger partial charge in [-0.15, -0.1) is 0 Å². The second-order valence-corrected chi connectivity index (χ2v) is 6.84. The van der Waals surface area contributed by atoms with Crippen LogP contribution in [0.4, 0.5) is 5.69 Å². The number of hydrogen-bond donors (Lipinski definition) is 1. The van der Waals surface area contributed by atoms with Gasteiger partial charge in [0.05, 0.1) is 25.5 Å². The van der Waals surface area contributed by atoms with E-state index in [4.69, 9.17) is 14.2 Å². The number of pyridine rings is 1. The fourth-order valence-electron chi connectivity index (χ4n) is 3.31. The highest BCUT2D eigenvalue weighted by Gasteiger charge is 2.17. The number of nitrogens with one attached hydrogen (secondary N) is 1. The average Bonchev–Trinajstić information content (AvgIpc) is 2.64. The molecule has 5 heteroatoms. The van der Waals surface area contributed by atoms with Gasteiger partial charge in [-0.1, -0.05) is 6.08 Å². The van der Waals surface area contributed by atoms with Gasteiger partial charge in [0.1, 0.15) is 17.6 Å². The van der Waals surface area contributed by atoms with E-state index in [1.165, 1.54) is 0 Å². The van der Waals surface area contributed by atoms with Crippen molar-refractivity contribution in [1.82, 2.24) is 4.98 Å². The number of anilines is 1. The van der Waals surface area contributed by atoms with Crippen LogP contribution in [0.5, 0.6) is 11.5 Å². The van der Waals surface area contributed by atoms with Gasteiger partial charge in [-0.05, 0) is 43.7 Å². The van der Waals surface area contributed by atoms with Gasteiger partial charge in [-0.2, -0.15) is 0 Å². The monoisotopic (exact) mass is 352 g/mol. The largest absolute Gasteiger partial charge is 0.489 e. The Labute approximate surface area is 154 Å². The normalized spacial score (nSPS) is 22.6. The van der Waals surface area contributed by atoms with E-state index in [1.807, 2.05) is 19.2 Å². The Balaban J connectivity index is 1.75. The van der Waals surface area contributed by atoms with E-state index in [2.05, 4.69) is 41.5 Å². The second-order valence-electron chi connectivity index (χ2n) is 6.84. The molecule has 0 saturated carbocycles. The summed E-state index contributed by atoms with van der Waals surface area (Å²) in [5.41, 5.74) is 4.41. The minimum absolute atomic E-state index is 0.0129. The third-order valence-corrected chi connectivity index (χ3v) is 4.60. The lowest BCUT2D eigenvalue weighted by molar-refractivity contribution is 0.0441. The van der Waals surface area contributed by atoms with Gasteiger partial charge < -0.3 is 19.5 Å². The maximum atomic E-state index is 6.06. The van der Waals surface area contributed by atoms with E-state index in [1.54, 1.807) is 6.20 Å². The molecule has 2 aliphatic rings. The Kier molecular flexibility index (Phi) is 4.80. The molecule has 26 heavy (non-hydrogen) atoms. The lowest BCUT2D eigenvalue weighted by Gasteiger charge is -2.22. The molecule has 4 rings (SSSR count). The summed E-state index contributed by atoms with van der Waals surface area (Å²) in [5, 5.41) is 3.42. The molecule has 0 saturated heterocycles. The maximum absolute atomic E-state index is 6.06. The lowest BCUT2D eigenvalue weighted by Crippen LogP contribution is -2.21. The first-order valence-corrected chi connectivity index (χ1v) is 9.14. The second kappa shape index (κ2) is 7.38. The van der Waals surface area contributed by atoms with Gasteiger partial charge in [0.15, 0.2) is 0 Å². The predicted octanol–water partition coefficient (Wildman–Crippen LogP) is 3.89. The van der Waals surface area contributed by atoms with Crippen molar-refractivity contribution in [2.75, 3.05) is 25.1 Å². The Morgan fingerprint density at radius 1 is 1.04 bits per heavy atom. The van der Waals surface area contributed by atoms with Crippen LogP contribution in [0, 0.1) is 0 Å².